The minimum atomic E-state index is -0.739. The summed E-state index contributed by atoms with van der Waals surface area (Å²) in [5, 5.41) is -1.48. The van der Waals surface area contributed by atoms with Crippen molar-refractivity contribution in [3.8, 4) is 0 Å². The maximum atomic E-state index is 11.1. The van der Waals surface area contributed by atoms with E-state index < -0.39 is 10.5 Å². The van der Waals surface area contributed by atoms with Crippen LogP contribution < -0.4 is 0 Å². The first-order valence-corrected chi connectivity index (χ1v) is 4.73. The van der Waals surface area contributed by atoms with Crippen LogP contribution in [0.2, 0.25) is 0 Å². The normalized spacial score (nSPS) is 9.80. The molecule has 0 spiro atoms. The number of hydrogen-bond acceptors (Lipinski definition) is 3. The third kappa shape index (κ3) is 2.88. The largest absolute Gasteiger partial charge is 0.295 e. The van der Waals surface area contributed by atoms with Gasteiger partial charge in [-0.15, -0.1) is 0 Å². The number of carbonyl (C=O) groups is 3. The van der Waals surface area contributed by atoms with Crippen molar-refractivity contribution in [3.05, 3.63) is 34.9 Å². The van der Waals surface area contributed by atoms with Crippen LogP contribution in [0.1, 0.15) is 38.0 Å². The molecule has 0 saturated carbocycles. The minimum absolute atomic E-state index is 0.0772. The zero-order valence-corrected chi connectivity index (χ0v) is 9.22. The standard InChI is InChI=1S/C10H6Cl2O3/c1-5(13)6-2-7(9(11)14)4-8(3-6)10(12)15/h2-4H,1H3. The van der Waals surface area contributed by atoms with E-state index in [4.69, 9.17) is 23.2 Å². The zero-order valence-electron chi connectivity index (χ0n) is 7.71. The van der Waals surface area contributed by atoms with Gasteiger partial charge in [-0.25, -0.2) is 0 Å². The highest BCUT2D eigenvalue weighted by Gasteiger charge is 2.11. The average molecular weight is 245 g/mol. The van der Waals surface area contributed by atoms with E-state index in [0.29, 0.717) is 0 Å². The van der Waals surface area contributed by atoms with Crippen molar-refractivity contribution >= 4 is 39.5 Å². The van der Waals surface area contributed by atoms with Crippen molar-refractivity contribution in [3.63, 3.8) is 0 Å². The van der Waals surface area contributed by atoms with E-state index in [2.05, 4.69) is 0 Å². The van der Waals surface area contributed by atoms with E-state index >= 15 is 0 Å². The van der Waals surface area contributed by atoms with E-state index in [1.807, 2.05) is 0 Å². The molecule has 0 saturated heterocycles. The van der Waals surface area contributed by atoms with E-state index in [0.717, 1.165) is 0 Å². The molecule has 3 nitrogen and oxygen atoms in total. The first-order valence-electron chi connectivity index (χ1n) is 3.97. The fourth-order valence-corrected chi connectivity index (χ4v) is 1.28. The highest BCUT2D eigenvalue weighted by atomic mass is 35.5. The molecule has 0 aliphatic carbocycles. The summed E-state index contributed by atoms with van der Waals surface area (Å²) in [7, 11) is 0. The van der Waals surface area contributed by atoms with Crippen LogP contribution in [0.4, 0.5) is 0 Å². The molecule has 0 amide bonds. The summed E-state index contributed by atoms with van der Waals surface area (Å²) in [6.07, 6.45) is 0. The smallest absolute Gasteiger partial charge is 0.252 e. The molecule has 1 rings (SSSR count). The maximum absolute atomic E-state index is 11.1. The highest BCUT2D eigenvalue weighted by molar-refractivity contribution is 6.69. The van der Waals surface area contributed by atoms with Crippen LogP contribution in [0.3, 0.4) is 0 Å². The Kier molecular flexibility index (Phi) is 3.61. The van der Waals surface area contributed by atoms with Crippen LogP contribution in [0, 0.1) is 0 Å². The fraction of sp³-hybridized carbons (Fsp3) is 0.100. The Morgan fingerprint density at radius 1 is 0.867 bits per heavy atom. The third-order valence-electron chi connectivity index (χ3n) is 1.79. The number of hydrogen-bond donors (Lipinski definition) is 0. The zero-order chi connectivity index (χ0) is 11.6. The molecule has 5 heteroatoms. The molecule has 1 aromatic rings. The van der Waals surface area contributed by atoms with E-state index in [-0.39, 0.29) is 22.5 Å². The Morgan fingerprint density at radius 3 is 1.47 bits per heavy atom. The molecule has 0 atom stereocenters. The predicted molar refractivity (Wildman–Crippen MR) is 56.8 cm³/mol. The maximum Gasteiger partial charge on any atom is 0.252 e. The summed E-state index contributed by atoms with van der Waals surface area (Å²) >= 11 is 10.5. The summed E-state index contributed by atoms with van der Waals surface area (Å²) in [6.45, 7) is 1.32. The Bertz CT molecular complexity index is 373. The average Bonchev–Trinajstić information content (AvgIpc) is 2.16. The van der Waals surface area contributed by atoms with Gasteiger partial charge >= 0.3 is 0 Å². The molecule has 15 heavy (non-hydrogen) atoms. The molecule has 0 unspecified atom stereocenters. The quantitative estimate of drug-likeness (QED) is 0.607. The SMILES string of the molecule is CC(=O)c1cc(C(=O)Cl)cc(C(=O)Cl)c1. The van der Waals surface area contributed by atoms with E-state index in [1.54, 1.807) is 0 Å². The monoisotopic (exact) mass is 244 g/mol. The van der Waals surface area contributed by atoms with Gasteiger partial charge in [0.15, 0.2) is 5.78 Å². The summed E-state index contributed by atoms with van der Waals surface area (Å²) in [5.41, 5.74) is 0.382. The van der Waals surface area contributed by atoms with Gasteiger partial charge in [0.25, 0.3) is 10.5 Å². The van der Waals surface area contributed by atoms with Crippen molar-refractivity contribution < 1.29 is 14.4 Å². The predicted octanol–water partition coefficient (Wildman–Crippen LogP) is 2.65. The summed E-state index contributed by atoms with van der Waals surface area (Å²) in [5.74, 6) is -0.270. The van der Waals surface area contributed by atoms with E-state index in [1.165, 1.54) is 25.1 Å². The summed E-state index contributed by atoms with van der Waals surface area (Å²) < 4.78 is 0. The van der Waals surface area contributed by atoms with Crippen molar-refractivity contribution in [2.75, 3.05) is 0 Å². The molecule has 0 aliphatic rings. The summed E-state index contributed by atoms with van der Waals surface area (Å²) in [4.78, 5) is 32.9. The fourth-order valence-electron chi connectivity index (χ4n) is 1.06. The molecule has 0 fully saturated rings. The molecular formula is C10H6Cl2O3. The van der Waals surface area contributed by atoms with Gasteiger partial charge in [0.2, 0.25) is 0 Å². The van der Waals surface area contributed by atoms with Gasteiger partial charge in [-0.1, -0.05) is 0 Å². The lowest BCUT2D eigenvalue weighted by molar-refractivity contribution is 0.101. The molecule has 0 heterocycles. The lowest BCUT2D eigenvalue weighted by Crippen LogP contribution is -2.01. The number of Topliss-reactive ketones (excluding diaryl/α,β-unsaturated/α-hetero) is 1. The molecule has 0 aliphatic heterocycles. The first-order chi connectivity index (χ1) is 6.91. The van der Waals surface area contributed by atoms with Gasteiger partial charge in [-0.3, -0.25) is 14.4 Å². The Hall–Kier alpha value is -1.19. The van der Waals surface area contributed by atoms with Crippen LogP contribution in [0.5, 0.6) is 0 Å². The minimum Gasteiger partial charge on any atom is -0.295 e. The van der Waals surface area contributed by atoms with Crippen molar-refractivity contribution in [1.29, 1.82) is 0 Å². The second kappa shape index (κ2) is 4.55. The Morgan fingerprint density at radius 2 is 1.20 bits per heavy atom. The highest BCUT2D eigenvalue weighted by Crippen LogP contribution is 2.15. The van der Waals surface area contributed by atoms with Gasteiger partial charge in [-0.05, 0) is 48.3 Å². The number of benzene rings is 1. The van der Waals surface area contributed by atoms with Crippen LogP contribution in [-0.4, -0.2) is 16.3 Å². The van der Waals surface area contributed by atoms with Crippen molar-refractivity contribution in [2.24, 2.45) is 0 Å². The first kappa shape index (κ1) is 11.9. The third-order valence-corrected chi connectivity index (χ3v) is 2.23. The number of carbonyl (C=O) groups excluding carboxylic acids is 3. The summed E-state index contributed by atoms with van der Waals surface area (Å²) in [6, 6.07) is 3.89. The molecule has 1 aromatic carbocycles. The second-order valence-electron chi connectivity index (χ2n) is 2.90. The van der Waals surface area contributed by atoms with Crippen LogP contribution in [0.15, 0.2) is 18.2 Å². The molecule has 78 valence electrons. The van der Waals surface area contributed by atoms with Gasteiger partial charge in [0, 0.05) is 16.7 Å². The van der Waals surface area contributed by atoms with Crippen molar-refractivity contribution in [2.45, 2.75) is 6.92 Å². The van der Waals surface area contributed by atoms with Crippen molar-refractivity contribution in [1.82, 2.24) is 0 Å². The molecular weight excluding hydrogens is 239 g/mol. The van der Waals surface area contributed by atoms with Gasteiger partial charge in [0.1, 0.15) is 0 Å². The van der Waals surface area contributed by atoms with Gasteiger partial charge < -0.3 is 0 Å². The molecule has 0 aromatic heterocycles. The number of rotatable bonds is 3. The molecule has 0 N–H and O–H groups in total. The Balaban J connectivity index is 3.39. The lowest BCUT2D eigenvalue weighted by atomic mass is 10.0. The lowest BCUT2D eigenvalue weighted by Gasteiger charge is -2.01. The Labute approximate surface area is 96.0 Å². The van der Waals surface area contributed by atoms with E-state index in [9.17, 15) is 14.4 Å². The number of ketones is 1. The van der Waals surface area contributed by atoms with Crippen LogP contribution in [0.25, 0.3) is 0 Å². The number of halogens is 2. The molecule has 0 radical (unpaired) electrons. The van der Waals surface area contributed by atoms with Crippen LogP contribution >= 0.6 is 23.2 Å². The topological polar surface area (TPSA) is 51.2 Å². The molecule has 0 bridgehead atoms. The van der Waals surface area contributed by atoms with Gasteiger partial charge in [0.05, 0.1) is 0 Å². The second-order valence-corrected chi connectivity index (χ2v) is 3.59. The van der Waals surface area contributed by atoms with Crippen LogP contribution in [-0.2, 0) is 0 Å². The van der Waals surface area contributed by atoms with Gasteiger partial charge in [-0.2, -0.15) is 0 Å².